The zero-order chi connectivity index (χ0) is 15.8. The van der Waals surface area contributed by atoms with Gasteiger partial charge in [0.15, 0.2) is 0 Å². The van der Waals surface area contributed by atoms with Gasteiger partial charge in [0.1, 0.15) is 5.75 Å². The second kappa shape index (κ2) is 5.93. The Morgan fingerprint density at radius 3 is 2.91 bits per heavy atom. The minimum absolute atomic E-state index is 0.253. The molecule has 0 fully saturated rings. The van der Waals surface area contributed by atoms with E-state index in [-0.39, 0.29) is 6.04 Å². The molecule has 0 radical (unpaired) electrons. The van der Waals surface area contributed by atoms with Crippen molar-refractivity contribution in [2.45, 2.75) is 25.3 Å². The van der Waals surface area contributed by atoms with Crippen molar-refractivity contribution in [1.29, 1.82) is 0 Å². The van der Waals surface area contributed by atoms with Crippen LogP contribution >= 0.6 is 11.6 Å². The highest BCUT2D eigenvalue weighted by atomic mass is 35.5. The van der Waals surface area contributed by atoms with Crippen molar-refractivity contribution in [2.75, 3.05) is 11.9 Å². The van der Waals surface area contributed by atoms with Crippen LogP contribution in [0.1, 0.15) is 36.4 Å². The molecule has 1 aliphatic carbocycles. The smallest absolute Gasteiger partial charge is 0.142 e. The lowest BCUT2D eigenvalue weighted by atomic mass is 9.77. The Bertz CT molecular complexity index is 755. The Kier molecular flexibility index (Phi) is 3.78. The van der Waals surface area contributed by atoms with E-state index in [0.29, 0.717) is 18.4 Å². The molecule has 1 aliphatic heterocycles. The zero-order valence-electron chi connectivity index (χ0n) is 13.1. The molecule has 0 amide bonds. The third kappa shape index (κ3) is 2.51. The van der Waals surface area contributed by atoms with Crippen LogP contribution in [0.2, 0.25) is 5.02 Å². The van der Waals surface area contributed by atoms with Gasteiger partial charge in [-0.05, 0) is 48.6 Å². The Morgan fingerprint density at radius 1 is 1.22 bits per heavy atom. The summed E-state index contributed by atoms with van der Waals surface area (Å²) in [5.41, 5.74) is 3.72. The van der Waals surface area contributed by atoms with Gasteiger partial charge in [-0.1, -0.05) is 48.0 Å². The average Bonchev–Trinajstić information content (AvgIpc) is 3.04. The summed E-state index contributed by atoms with van der Waals surface area (Å²) in [6.45, 7) is 2.69. The fraction of sp³-hybridized carbons (Fsp3) is 0.300. The van der Waals surface area contributed by atoms with Gasteiger partial charge in [-0.3, -0.25) is 0 Å². The number of para-hydroxylation sites is 1. The van der Waals surface area contributed by atoms with Crippen LogP contribution in [0.4, 0.5) is 5.69 Å². The molecule has 3 unspecified atom stereocenters. The van der Waals surface area contributed by atoms with Crippen LogP contribution in [0.3, 0.4) is 0 Å². The number of rotatable bonds is 3. The Hall–Kier alpha value is -1.93. The highest BCUT2D eigenvalue weighted by Crippen LogP contribution is 2.52. The molecule has 2 nitrogen and oxygen atoms in total. The fourth-order valence-corrected chi connectivity index (χ4v) is 4.10. The van der Waals surface area contributed by atoms with Gasteiger partial charge in [0, 0.05) is 10.9 Å². The lowest BCUT2D eigenvalue weighted by molar-refractivity contribution is 0.337. The maximum atomic E-state index is 6.22. The molecule has 2 aromatic carbocycles. The fourth-order valence-electron chi connectivity index (χ4n) is 3.90. The minimum Gasteiger partial charge on any atom is -0.492 e. The number of hydrogen-bond acceptors (Lipinski definition) is 2. The number of benzene rings is 2. The summed E-state index contributed by atoms with van der Waals surface area (Å²) in [7, 11) is 0. The average molecular weight is 326 g/mol. The summed E-state index contributed by atoms with van der Waals surface area (Å²) in [6, 6.07) is 14.8. The van der Waals surface area contributed by atoms with Gasteiger partial charge in [-0.2, -0.15) is 0 Å². The van der Waals surface area contributed by atoms with E-state index in [1.165, 1.54) is 11.1 Å². The van der Waals surface area contributed by atoms with E-state index in [2.05, 4.69) is 41.7 Å². The van der Waals surface area contributed by atoms with Gasteiger partial charge in [0.05, 0.1) is 18.3 Å². The molecule has 3 atom stereocenters. The van der Waals surface area contributed by atoms with Crippen LogP contribution in [0, 0.1) is 5.92 Å². The number of fused-ring (bicyclic) bond motifs is 3. The minimum atomic E-state index is 0.253. The number of nitrogens with one attached hydrogen (secondary N) is 1. The standard InChI is InChI=1S/C20H20ClNO/c1-2-23-18-11-5-10-17-15-8-4-9-16(15)19(22-20(17)18)13-6-3-7-14(21)12-13/h3-8,10-12,15-16,19,22H,2,9H2,1H3. The number of anilines is 1. The lowest BCUT2D eigenvalue weighted by Crippen LogP contribution is -2.29. The molecule has 1 N–H and O–H groups in total. The van der Waals surface area contributed by atoms with Crippen molar-refractivity contribution in [3.8, 4) is 5.75 Å². The van der Waals surface area contributed by atoms with Gasteiger partial charge >= 0.3 is 0 Å². The van der Waals surface area contributed by atoms with Crippen molar-refractivity contribution in [3.63, 3.8) is 0 Å². The van der Waals surface area contributed by atoms with Gasteiger partial charge in [0.2, 0.25) is 0 Å². The topological polar surface area (TPSA) is 21.3 Å². The Balaban J connectivity index is 1.80. The van der Waals surface area contributed by atoms with Crippen molar-refractivity contribution in [2.24, 2.45) is 5.92 Å². The van der Waals surface area contributed by atoms with E-state index in [4.69, 9.17) is 16.3 Å². The molecule has 0 bridgehead atoms. The monoisotopic (exact) mass is 325 g/mol. The summed E-state index contributed by atoms with van der Waals surface area (Å²) >= 11 is 6.22. The molecule has 4 rings (SSSR count). The molecule has 118 valence electrons. The van der Waals surface area contributed by atoms with E-state index in [1.807, 2.05) is 25.1 Å². The summed E-state index contributed by atoms with van der Waals surface area (Å²) in [6.07, 6.45) is 5.74. The number of hydrogen-bond donors (Lipinski definition) is 1. The molecule has 3 heteroatoms. The molecule has 0 saturated heterocycles. The number of halogens is 1. The number of ether oxygens (including phenoxy) is 1. The highest BCUT2D eigenvalue weighted by Gasteiger charge is 2.38. The van der Waals surface area contributed by atoms with Crippen LogP contribution in [0.25, 0.3) is 0 Å². The van der Waals surface area contributed by atoms with Crippen molar-refractivity contribution in [1.82, 2.24) is 0 Å². The quantitative estimate of drug-likeness (QED) is 0.745. The van der Waals surface area contributed by atoms with Crippen LogP contribution < -0.4 is 10.1 Å². The molecule has 1 heterocycles. The van der Waals surface area contributed by atoms with E-state index in [1.54, 1.807) is 0 Å². The normalized spacial score (nSPS) is 24.7. The molecular formula is C20H20ClNO. The maximum absolute atomic E-state index is 6.22. The first-order chi connectivity index (χ1) is 11.3. The molecule has 0 saturated carbocycles. The van der Waals surface area contributed by atoms with Gasteiger partial charge in [0.25, 0.3) is 0 Å². The molecule has 2 aromatic rings. The van der Waals surface area contributed by atoms with E-state index in [9.17, 15) is 0 Å². The van der Waals surface area contributed by atoms with Crippen LogP contribution in [0.5, 0.6) is 5.75 Å². The first-order valence-electron chi connectivity index (χ1n) is 8.22. The predicted molar refractivity (Wildman–Crippen MR) is 95.4 cm³/mol. The summed E-state index contributed by atoms with van der Waals surface area (Å²) in [4.78, 5) is 0. The zero-order valence-corrected chi connectivity index (χ0v) is 13.9. The Labute approximate surface area is 142 Å². The molecule has 0 aromatic heterocycles. The molecule has 2 aliphatic rings. The maximum Gasteiger partial charge on any atom is 0.142 e. The first-order valence-corrected chi connectivity index (χ1v) is 8.60. The van der Waals surface area contributed by atoms with Crippen LogP contribution in [0.15, 0.2) is 54.6 Å². The summed E-state index contributed by atoms with van der Waals surface area (Å²) in [5, 5.41) is 4.53. The Morgan fingerprint density at radius 2 is 2.09 bits per heavy atom. The highest BCUT2D eigenvalue weighted by molar-refractivity contribution is 6.30. The molecule has 23 heavy (non-hydrogen) atoms. The van der Waals surface area contributed by atoms with E-state index < -0.39 is 0 Å². The van der Waals surface area contributed by atoms with Crippen molar-refractivity contribution < 1.29 is 4.74 Å². The second-order valence-electron chi connectivity index (χ2n) is 6.18. The van der Waals surface area contributed by atoms with Crippen LogP contribution in [-0.4, -0.2) is 6.61 Å². The lowest BCUT2D eigenvalue weighted by Gasteiger charge is -2.38. The summed E-state index contributed by atoms with van der Waals surface area (Å²) in [5.74, 6) is 1.91. The van der Waals surface area contributed by atoms with Crippen LogP contribution in [-0.2, 0) is 0 Å². The van der Waals surface area contributed by atoms with Crippen molar-refractivity contribution in [3.05, 3.63) is 70.8 Å². The molecule has 0 spiro atoms. The van der Waals surface area contributed by atoms with E-state index >= 15 is 0 Å². The SMILES string of the molecule is CCOc1cccc2c1NC(c1cccc(Cl)c1)C1CC=CC21. The predicted octanol–water partition coefficient (Wildman–Crippen LogP) is 5.57. The second-order valence-corrected chi connectivity index (χ2v) is 6.62. The first kappa shape index (κ1) is 14.6. The van der Waals surface area contributed by atoms with Gasteiger partial charge in [-0.15, -0.1) is 0 Å². The number of allylic oxidation sites excluding steroid dienone is 2. The van der Waals surface area contributed by atoms with Gasteiger partial charge in [-0.25, -0.2) is 0 Å². The summed E-state index contributed by atoms with van der Waals surface area (Å²) < 4.78 is 5.85. The third-order valence-corrected chi connectivity index (χ3v) is 5.10. The molecular weight excluding hydrogens is 306 g/mol. The third-order valence-electron chi connectivity index (χ3n) is 4.87. The van der Waals surface area contributed by atoms with E-state index in [0.717, 1.165) is 22.9 Å². The largest absolute Gasteiger partial charge is 0.492 e. The van der Waals surface area contributed by atoms with Crippen molar-refractivity contribution >= 4 is 17.3 Å². The van der Waals surface area contributed by atoms with Gasteiger partial charge < -0.3 is 10.1 Å².